The lowest BCUT2D eigenvalue weighted by Crippen LogP contribution is -2.36. The fraction of sp³-hybridized carbons (Fsp3) is 0.333. The van der Waals surface area contributed by atoms with Crippen LogP contribution in [0.15, 0.2) is 35.6 Å². The highest BCUT2D eigenvalue weighted by atomic mass is 16.6. The third kappa shape index (κ3) is 4.40. The van der Waals surface area contributed by atoms with E-state index in [2.05, 4.69) is 15.4 Å². The monoisotopic (exact) mass is 388 g/mol. The lowest BCUT2D eigenvalue weighted by Gasteiger charge is -2.19. The maximum absolute atomic E-state index is 11.9. The zero-order valence-electron chi connectivity index (χ0n) is 15.5. The minimum Gasteiger partial charge on any atom is -0.486 e. The quantitative estimate of drug-likeness (QED) is 0.485. The molecule has 1 aliphatic heterocycles. The highest BCUT2D eigenvalue weighted by Crippen LogP contribution is 2.39. The van der Waals surface area contributed by atoms with Crippen LogP contribution in [0.25, 0.3) is 0 Å². The van der Waals surface area contributed by atoms with Crippen LogP contribution in [0, 0.1) is 0 Å². The van der Waals surface area contributed by atoms with Gasteiger partial charge in [-0.2, -0.15) is 5.10 Å². The Hall–Kier alpha value is -3.56. The molecule has 10 heteroatoms. The molecule has 1 N–H and O–H groups in total. The topological polar surface area (TPSA) is 113 Å². The van der Waals surface area contributed by atoms with Gasteiger partial charge in [-0.3, -0.25) is 5.32 Å². The van der Waals surface area contributed by atoms with Gasteiger partial charge in [0.2, 0.25) is 5.96 Å². The number of benzene rings is 1. The van der Waals surface area contributed by atoms with Gasteiger partial charge in [0.15, 0.2) is 11.5 Å². The third-order valence-electron chi connectivity index (χ3n) is 3.57. The van der Waals surface area contributed by atoms with Crippen molar-refractivity contribution in [3.05, 3.63) is 36.2 Å². The summed E-state index contributed by atoms with van der Waals surface area (Å²) in [6.07, 6.45) is 2.01. The molecule has 1 aliphatic rings. The second-order valence-electron chi connectivity index (χ2n) is 5.48. The number of para-hydroxylation sites is 1. The van der Waals surface area contributed by atoms with Crippen LogP contribution >= 0.6 is 0 Å². The molecule has 1 aromatic carbocycles. The summed E-state index contributed by atoms with van der Waals surface area (Å²) in [6.45, 7) is 4.63. The molecule has 0 fully saturated rings. The summed E-state index contributed by atoms with van der Waals surface area (Å²) >= 11 is 0. The van der Waals surface area contributed by atoms with Crippen molar-refractivity contribution in [2.24, 2.45) is 4.99 Å². The second-order valence-corrected chi connectivity index (χ2v) is 5.48. The molecule has 2 aromatic rings. The van der Waals surface area contributed by atoms with Gasteiger partial charge in [0.25, 0.3) is 0 Å². The van der Waals surface area contributed by atoms with Gasteiger partial charge in [-0.15, -0.1) is 0 Å². The first-order valence-electron chi connectivity index (χ1n) is 8.75. The minimum atomic E-state index is -0.712. The van der Waals surface area contributed by atoms with E-state index in [-0.39, 0.29) is 24.7 Å². The summed E-state index contributed by atoms with van der Waals surface area (Å²) in [5, 5.41) is 6.60. The Bertz CT molecular complexity index is 892. The molecule has 1 amide bonds. The molecule has 28 heavy (non-hydrogen) atoms. The molecule has 1 aromatic heterocycles. The normalized spacial score (nSPS) is 13.0. The minimum absolute atomic E-state index is 0.0246. The highest BCUT2D eigenvalue weighted by molar-refractivity contribution is 5.97. The van der Waals surface area contributed by atoms with Crippen LogP contribution in [0.1, 0.15) is 24.2 Å². The lowest BCUT2D eigenvalue weighted by molar-refractivity contribution is 0.0526. The standard InChI is InChI=1S/C18H20N4O6/c1-3-25-16(23)12-10-19-22(11-12)17(21-18(24)26-4-2)20-13-6-5-7-14-15(13)28-9-8-27-14/h5-7,10-11H,3-4,8-9H2,1-2H3,(H,20,21,24). The smallest absolute Gasteiger partial charge is 0.414 e. The van der Waals surface area contributed by atoms with Gasteiger partial charge >= 0.3 is 12.1 Å². The summed E-state index contributed by atoms with van der Waals surface area (Å²) in [5.41, 5.74) is 0.645. The fourth-order valence-corrected chi connectivity index (χ4v) is 2.41. The number of esters is 1. The van der Waals surface area contributed by atoms with Gasteiger partial charge in [-0.1, -0.05) is 6.07 Å². The van der Waals surface area contributed by atoms with Gasteiger partial charge in [-0.05, 0) is 26.0 Å². The number of rotatable bonds is 4. The Kier molecular flexibility index (Phi) is 6.10. The molecule has 0 saturated heterocycles. The van der Waals surface area contributed by atoms with E-state index in [1.165, 1.54) is 17.1 Å². The maximum atomic E-state index is 11.9. The number of hydrogen-bond donors (Lipinski definition) is 1. The number of aromatic nitrogens is 2. The summed E-state index contributed by atoms with van der Waals surface area (Å²) in [7, 11) is 0. The van der Waals surface area contributed by atoms with Crippen molar-refractivity contribution in [2.75, 3.05) is 26.4 Å². The predicted octanol–water partition coefficient (Wildman–Crippen LogP) is 2.11. The number of fused-ring (bicyclic) bond motifs is 1. The predicted molar refractivity (Wildman–Crippen MR) is 98.3 cm³/mol. The Morgan fingerprint density at radius 2 is 2.00 bits per heavy atom. The number of nitrogens with one attached hydrogen (secondary N) is 1. The number of ether oxygens (including phenoxy) is 4. The Morgan fingerprint density at radius 1 is 1.21 bits per heavy atom. The van der Waals surface area contributed by atoms with Crippen LogP contribution in [-0.4, -0.2) is 54.2 Å². The molecule has 0 bridgehead atoms. The molecule has 148 valence electrons. The zero-order chi connectivity index (χ0) is 19.9. The van der Waals surface area contributed by atoms with Gasteiger partial charge in [-0.25, -0.2) is 19.3 Å². The van der Waals surface area contributed by atoms with E-state index in [9.17, 15) is 9.59 Å². The fourth-order valence-electron chi connectivity index (χ4n) is 2.41. The van der Waals surface area contributed by atoms with E-state index in [1.807, 2.05) is 0 Å². The highest BCUT2D eigenvalue weighted by Gasteiger charge is 2.19. The number of aliphatic imine (C=N–C) groups is 1. The number of carbonyl (C=O) groups excluding carboxylic acids is 2. The molecule has 0 atom stereocenters. The van der Waals surface area contributed by atoms with E-state index in [0.29, 0.717) is 30.4 Å². The Labute approximate surface area is 161 Å². The Balaban J connectivity index is 1.97. The van der Waals surface area contributed by atoms with Crippen molar-refractivity contribution in [1.29, 1.82) is 0 Å². The summed E-state index contributed by atoms with van der Waals surface area (Å²) in [5.74, 6) is 0.500. The van der Waals surface area contributed by atoms with E-state index in [1.54, 1.807) is 32.0 Å². The Morgan fingerprint density at radius 3 is 2.79 bits per heavy atom. The molecule has 0 saturated carbocycles. The van der Waals surface area contributed by atoms with Crippen molar-refractivity contribution < 1.29 is 28.5 Å². The summed E-state index contributed by atoms with van der Waals surface area (Å²) in [4.78, 5) is 28.3. The van der Waals surface area contributed by atoms with Crippen molar-refractivity contribution >= 4 is 23.7 Å². The number of nitrogens with zero attached hydrogens (tertiary/aromatic N) is 3. The second kappa shape index (κ2) is 8.89. The third-order valence-corrected chi connectivity index (χ3v) is 3.57. The van der Waals surface area contributed by atoms with Gasteiger partial charge in [0.1, 0.15) is 18.9 Å². The number of amides is 1. The van der Waals surface area contributed by atoms with E-state index >= 15 is 0 Å². The summed E-state index contributed by atoms with van der Waals surface area (Å²) < 4.78 is 22.3. The number of alkyl carbamates (subject to hydrolysis) is 1. The molecule has 0 spiro atoms. The molecule has 2 heterocycles. The van der Waals surface area contributed by atoms with Crippen LogP contribution in [0.5, 0.6) is 11.5 Å². The molecule has 10 nitrogen and oxygen atoms in total. The molecule has 3 rings (SSSR count). The molecule has 0 unspecified atom stereocenters. The first kappa shape index (κ1) is 19.2. The molecule has 0 radical (unpaired) electrons. The summed E-state index contributed by atoms with van der Waals surface area (Å²) in [6, 6.07) is 5.22. The van der Waals surface area contributed by atoms with Crippen LogP contribution < -0.4 is 14.8 Å². The van der Waals surface area contributed by atoms with E-state index in [4.69, 9.17) is 18.9 Å². The lowest BCUT2D eigenvalue weighted by atomic mass is 10.2. The van der Waals surface area contributed by atoms with Crippen LogP contribution in [0.3, 0.4) is 0 Å². The first-order chi connectivity index (χ1) is 13.6. The van der Waals surface area contributed by atoms with Crippen molar-refractivity contribution in [3.8, 4) is 11.5 Å². The molecule has 0 aliphatic carbocycles. The van der Waals surface area contributed by atoms with Crippen molar-refractivity contribution in [2.45, 2.75) is 13.8 Å². The number of hydrogen-bond acceptors (Lipinski definition) is 8. The van der Waals surface area contributed by atoms with Crippen LogP contribution in [0.2, 0.25) is 0 Å². The van der Waals surface area contributed by atoms with Crippen molar-refractivity contribution in [3.63, 3.8) is 0 Å². The maximum Gasteiger partial charge on any atom is 0.414 e. The van der Waals surface area contributed by atoms with Crippen LogP contribution in [0.4, 0.5) is 10.5 Å². The largest absolute Gasteiger partial charge is 0.486 e. The van der Waals surface area contributed by atoms with Gasteiger partial charge in [0, 0.05) is 6.20 Å². The molecular formula is C18H20N4O6. The average molecular weight is 388 g/mol. The van der Waals surface area contributed by atoms with Crippen LogP contribution in [-0.2, 0) is 9.47 Å². The first-order valence-corrected chi connectivity index (χ1v) is 8.75. The van der Waals surface area contributed by atoms with E-state index < -0.39 is 12.1 Å². The SMILES string of the molecule is CCOC(=O)N/C(=N/c1cccc2c1OCCO2)n1cc(C(=O)OCC)cn1. The van der Waals surface area contributed by atoms with Crippen molar-refractivity contribution in [1.82, 2.24) is 15.1 Å². The number of carbonyl (C=O) groups is 2. The zero-order valence-corrected chi connectivity index (χ0v) is 15.5. The van der Waals surface area contributed by atoms with Gasteiger partial charge in [0.05, 0.1) is 25.0 Å². The average Bonchev–Trinajstić information content (AvgIpc) is 3.18. The van der Waals surface area contributed by atoms with Gasteiger partial charge < -0.3 is 18.9 Å². The molecular weight excluding hydrogens is 368 g/mol. The van der Waals surface area contributed by atoms with E-state index in [0.717, 1.165) is 0 Å².